The Kier molecular flexibility index (Phi) is 6.89. The second-order valence-electron chi connectivity index (χ2n) is 6.42. The summed E-state index contributed by atoms with van der Waals surface area (Å²) in [7, 11) is 0. The molecular weight excluding hydrogens is 399 g/mol. The minimum absolute atomic E-state index is 0. The lowest BCUT2D eigenvalue weighted by molar-refractivity contribution is -0.138. The zero-order valence-electron chi connectivity index (χ0n) is 13.6. The molecule has 0 spiro atoms. The molecule has 1 unspecified atom stereocenters. The molecule has 24 heavy (non-hydrogen) atoms. The highest BCUT2D eigenvalue weighted by Gasteiger charge is 2.33. The van der Waals surface area contributed by atoms with Crippen LogP contribution in [-0.2, 0) is 4.79 Å². The molecule has 3 atom stereocenters. The van der Waals surface area contributed by atoms with Crippen LogP contribution in [0.3, 0.4) is 0 Å². The predicted molar refractivity (Wildman–Crippen MR) is 97.1 cm³/mol. The van der Waals surface area contributed by atoms with Crippen molar-refractivity contribution in [2.24, 2.45) is 11.8 Å². The molecule has 2 aliphatic heterocycles. The Balaban J connectivity index is 0.00000208. The summed E-state index contributed by atoms with van der Waals surface area (Å²) in [6.45, 7) is 5.48. The Morgan fingerprint density at radius 1 is 1.33 bits per heavy atom. The molecule has 2 heterocycles. The van der Waals surface area contributed by atoms with Gasteiger partial charge in [0.15, 0.2) is 6.10 Å². The fourth-order valence-corrected chi connectivity index (χ4v) is 3.95. The smallest absolute Gasteiger partial charge is 0.263 e. The number of benzene rings is 1. The minimum Gasteiger partial charge on any atom is -0.480 e. The predicted octanol–water partition coefficient (Wildman–Crippen LogP) is 3.24. The maximum atomic E-state index is 13.1. The van der Waals surface area contributed by atoms with Gasteiger partial charge in [-0.2, -0.15) is 0 Å². The quantitative estimate of drug-likeness (QED) is 0.815. The van der Waals surface area contributed by atoms with Gasteiger partial charge in [0.25, 0.3) is 5.91 Å². The lowest BCUT2D eigenvalue weighted by Gasteiger charge is -2.25. The van der Waals surface area contributed by atoms with Gasteiger partial charge in [-0.3, -0.25) is 4.79 Å². The maximum Gasteiger partial charge on any atom is 0.263 e. The van der Waals surface area contributed by atoms with Crippen molar-refractivity contribution in [3.05, 3.63) is 28.5 Å². The molecule has 0 aromatic heterocycles. The molecule has 1 amide bonds. The summed E-state index contributed by atoms with van der Waals surface area (Å²) in [6.07, 6.45) is 1.53. The number of hydrogen-bond acceptors (Lipinski definition) is 3. The van der Waals surface area contributed by atoms with Crippen molar-refractivity contribution in [2.45, 2.75) is 25.9 Å². The number of hydrogen-bond donors (Lipinski definition) is 1. The molecular formula is C17H23BrClFN2O2. The number of fused-ring (bicyclic) bond motifs is 1. The van der Waals surface area contributed by atoms with Crippen LogP contribution in [0.1, 0.15) is 19.8 Å². The molecule has 4 nitrogen and oxygen atoms in total. The number of amides is 1. The van der Waals surface area contributed by atoms with E-state index in [2.05, 4.69) is 21.2 Å². The highest BCUT2D eigenvalue weighted by Crippen LogP contribution is 2.29. The zero-order chi connectivity index (χ0) is 16.4. The van der Waals surface area contributed by atoms with Crippen LogP contribution in [0.4, 0.5) is 4.39 Å². The number of ether oxygens (including phenoxy) is 1. The number of nitrogens with zero attached hydrogens (tertiary/aromatic N) is 1. The standard InChI is InChI=1S/C17H22BrFN2O2.ClH/c1-11(23-16-3-2-14(19)8-15(16)18)17(22)21-6-4-12-9-20-10-13(12)5-7-21;/h2-3,8,11-13,20H,4-7,9-10H2,1H3;1H/t11?,12-,13+;. The molecule has 1 N–H and O–H groups in total. The van der Waals surface area contributed by atoms with Gasteiger partial charge in [0.2, 0.25) is 0 Å². The Bertz CT molecular complexity index is 576. The van der Waals surface area contributed by atoms with Gasteiger partial charge in [0.05, 0.1) is 4.47 Å². The van der Waals surface area contributed by atoms with Crippen LogP contribution in [0, 0.1) is 17.7 Å². The Labute approximate surface area is 156 Å². The molecule has 1 aromatic carbocycles. The van der Waals surface area contributed by atoms with Crippen LogP contribution < -0.4 is 10.1 Å². The van der Waals surface area contributed by atoms with Gasteiger partial charge in [0, 0.05) is 13.1 Å². The number of carbonyl (C=O) groups excluding carboxylic acids is 1. The third-order valence-corrected chi connectivity index (χ3v) is 5.50. The lowest BCUT2D eigenvalue weighted by atomic mass is 9.92. The number of halogens is 3. The molecule has 3 rings (SSSR count). The number of likely N-dealkylation sites (tertiary alicyclic amines) is 1. The van der Waals surface area contributed by atoms with Crippen molar-refractivity contribution < 1.29 is 13.9 Å². The van der Waals surface area contributed by atoms with Crippen LogP contribution in [0.15, 0.2) is 22.7 Å². The first-order valence-electron chi connectivity index (χ1n) is 8.16. The van der Waals surface area contributed by atoms with Crippen LogP contribution in [-0.4, -0.2) is 43.1 Å². The van der Waals surface area contributed by atoms with Crippen LogP contribution in [0.2, 0.25) is 0 Å². The largest absolute Gasteiger partial charge is 0.480 e. The number of rotatable bonds is 3. The van der Waals surface area contributed by atoms with E-state index in [0.29, 0.717) is 22.1 Å². The summed E-state index contributed by atoms with van der Waals surface area (Å²) in [5.41, 5.74) is 0. The molecule has 7 heteroatoms. The van der Waals surface area contributed by atoms with Gasteiger partial charge in [0.1, 0.15) is 11.6 Å². The van der Waals surface area contributed by atoms with E-state index in [1.165, 1.54) is 12.1 Å². The second-order valence-corrected chi connectivity index (χ2v) is 7.27. The first-order valence-corrected chi connectivity index (χ1v) is 8.95. The van der Waals surface area contributed by atoms with E-state index in [0.717, 1.165) is 39.0 Å². The second kappa shape index (κ2) is 8.50. The molecule has 134 valence electrons. The fourth-order valence-electron chi connectivity index (χ4n) is 3.51. The van der Waals surface area contributed by atoms with Crippen molar-refractivity contribution in [2.75, 3.05) is 26.2 Å². The van der Waals surface area contributed by atoms with Gasteiger partial charge < -0.3 is 15.0 Å². The average Bonchev–Trinajstić information content (AvgIpc) is 2.88. The fraction of sp³-hybridized carbons (Fsp3) is 0.588. The van der Waals surface area contributed by atoms with Crippen molar-refractivity contribution in [3.8, 4) is 5.75 Å². The lowest BCUT2D eigenvalue weighted by Crippen LogP contribution is -2.41. The molecule has 2 saturated heterocycles. The van der Waals surface area contributed by atoms with Gasteiger partial charge in [-0.15, -0.1) is 12.4 Å². The van der Waals surface area contributed by atoms with Crippen molar-refractivity contribution in [1.82, 2.24) is 10.2 Å². The Morgan fingerprint density at radius 2 is 1.96 bits per heavy atom. The molecule has 1 aromatic rings. The zero-order valence-corrected chi connectivity index (χ0v) is 16.0. The third kappa shape index (κ3) is 4.41. The molecule has 0 aliphatic carbocycles. The molecule has 0 bridgehead atoms. The third-order valence-electron chi connectivity index (χ3n) is 4.88. The topological polar surface area (TPSA) is 41.6 Å². The summed E-state index contributed by atoms with van der Waals surface area (Å²) in [5.74, 6) is 1.54. The van der Waals surface area contributed by atoms with Crippen LogP contribution in [0.5, 0.6) is 5.75 Å². The SMILES string of the molecule is CC(Oc1ccc(F)cc1Br)C(=O)N1CC[C@@H]2CNC[C@@H]2CC1.Cl. The van der Waals surface area contributed by atoms with Crippen molar-refractivity contribution in [1.29, 1.82) is 0 Å². The van der Waals surface area contributed by atoms with Crippen LogP contribution >= 0.6 is 28.3 Å². The van der Waals surface area contributed by atoms with E-state index in [9.17, 15) is 9.18 Å². The summed E-state index contributed by atoms with van der Waals surface area (Å²) in [5, 5.41) is 3.44. The highest BCUT2D eigenvalue weighted by molar-refractivity contribution is 9.10. The van der Waals surface area contributed by atoms with E-state index < -0.39 is 6.10 Å². The Hall–Kier alpha value is -0.850. The molecule has 2 aliphatic rings. The molecule has 0 radical (unpaired) electrons. The van der Waals surface area contributed by atoms with Gasteiger partial charge in [-0.1, -0.05) is 0 Å². The van der Waals surface area contributed by atoms with Gasteiger partial charge in [-0.05, 0) is 78.8 Å². The maximum absolute atomic E-state index is 13.1. The first-order chi connectivity index (χ1) is 11.0. The summed E-state index contributed by atoms with van der Waals surface area (Å²) >= 11 is 3.27. The van der Waals surface area contributed by atoms with E-state index in [-0.39, 0.29) is 24.1 Å². The van der Waals surface area contributed by atoms with E-state index >= 15 is 0 Å². The normalized spacial score (nSPS) is 24.5. The van der Waals surface area contributed by atoms with Gasteiger partial charge >= 0.3 is 0 Å². The first kappa shape index (κ1) is 19.5. The molecule has 0 saturated carbocycles. The average molecular weight is 422 g/mol. The molecule has 2 fully saturated rings. The van der Waals surface area contributed by atoms with Crippen LogP contribution in [0.25, 0.3) is 0 Å². The van der Waals surface area contributed by atoms with E-state index in [1.54, 1.807) is 13.0 Å². The summed E-state index contributed by atoms with van der Waals surface area (Å²) < 4.78 is 19.4. The summed E-state index contributed by atoms with van der Waals surface area (Å²) in [6, 6.07) is 4.21. The van der Waals surface area contributed by atoms with E-state index in [4.69, 9.17) is 4.74 Å². The monoisotopic (exact) mass is 420 g/mol. The number of carbonyl (C=O) groups is 1. The van der Waals surface area contributed by atoms with E-state index in [1.807, 2.05) is 4.90 Å². The van der Waals surface area contributed by atoms with Gasteiger partial charge in [-0.25, -0.2) is 4.39 Å². The number of nitrogens with one attached hydrogen (secondary N) is 1. The van der Waals surface area contributed by atoms with Crippen molar-refractivity contribution in [3.63, 3.8) is 0 Å². The Morgan fingerprint density at radius 3 is 2.54 bits per heavy atom. The summed E-state index contributed by atoms with van der Waals surface area (Å²) in [4.78, 5) is 14.6. The van der Waals surface area contributed by atoms with Crippen molar-refractivity contribution >= 4 is 34.2 Å². The highest BCUT2D eigenvalue weighted by atomic mass is 79.9. The minimum atomic E-state index is -0.576.